The Labute approximate surface area is 261 Å². The predicted octanol–water partition coefficient (Wildman–Crippen LogP) is 6.31. The lowest BCUT2D eigenvalue weighted by molar-refractivity contribution is -0.149. The lowest BCUT2D eigenvalue weighted by Crippen LogP contribution is -2.26. The molecule has 0 unspecified atom stereocenters. The second-order valence-corrected chi connectivity index (χ2v) is 10.1. The fourth-order valence-electron chi connectivity index (χ4n) is 5.11. The van der Waals surface area contributed by atoms with Crippen LogP contribution >= 0.6 is 0 Å². The van der Waals surface area contributed by atoms with Gasteiger partial charge in [0.2, 0.25) is 0 Å². The van der Waals surface area contributed by atoms with E-state index in [1.165, 1.54) is 28.4 Å². The Balaban J connectivity index is 1.48. The molecular weight excluding hydrogens is 576 g/mol. The molecule has 45 heavy (non-hydrogen) atoms. The van der Waals surface area contributed by atoms with E-state index in [0.717, 1.165) is 11.1 Å². The fraction of sp³-hybridized carbons (Fsp3) is 0.222. The first kappa shape index (κ1) is 31.0. The molecule has 9 heteroatoms. The number of carbonyl (C=O) groups excluding carboxylic acids is 2. The van der Waals surface area contributed by atoms with Crippen molar-refractivity contribution in [3.05, 3.63) is 125 Å². The van der Waals surface area contributed by atoms with E-state index in [9.17, 15) is 9.59 Å². The largest absolute Gasteiger partial charge is 0.493 e. The smallest absolute Gasteiger partial charge is 0.338 e. The molecular formula is C36H34O9. The zero-order valence-corrected chi connectivity index (χ0v) is 25.5. The highest BCUT2D eigenvalue weighted by atomic mass is 16.5. The Hall–Kier alpha value is -5.44. The van der Waals surface area contributed by atoms with Crippen LogP contribution in [0.1, 0.15) is 28.4 Å². The van der Waals surface area contributed by atoms with E-state index in [1.807, 2.05) is 60.7 Å². The maximum absolute atomic E-state index is 13.2. The van der Waals surface area contributed by atoms with Gasteiger partial charge >= 0.3 is 11.9 Å². The molecule has 4 aromatic rings. The number of hydrogen-bond acceptors (Lipinski definition) is 9. The summed E-state index contributed by atoms with van der Waals surface area (Å²) in [6, 6.07) is 29.9. The van der Waals surface area contributed by atoms with Gasteiger partial charge in [0.15, 0.2) is 23.0 Å². The van der Waals surface area contributed by atoms with Gasteiger partial charge in [0.1, 0.15) is 31.0 Å². The zero-order valence-electron chi connectivity index (χ0n) is 25.5. The Kier molecular flexibility index (Phi) is 9.89. The molecule has 0 bridgehead atoms. The molecule has 9 nitrogen and oxygen atoms in total. The van der Waals surface area contributed by atoms with E-state index in [0.29, 0.717) is 47.3 Å². The van der Waals surface area contributed by atoms with Gasteiger partial charge in [-0.3, -0.25) is 4.79 Å². The van der Waals surface area contributed by atoms with Crippen LogP contribution in [0.4, 0.5) is 0 Å². The Morgan fingerprint density at radius 1 is 0.644 bits per heavy atom. The molecule has 2 atom stereocenters. The van der Waals surface area contributed by atoms with Gasteiger partial charge in [-0.2, -0.15) is 0 Å². The van der Waals surface area contributed by atoms with Crippen LogP contribution in [0.25, 0.3) is 5.76 Å². The van der Waals surface area contributed by atoms with Crippen molar-refractivity contribution >= 4 is 17.7 Å². The summed E-state index contributed by atoms with van der Waals surface area (Å²) < 4.78 is 39.9. The summed E-state index contributed by atoms with van der Waals surface area (Å²) in [6.45, 7) is 0.675. The molecule has 232 valence electrons. The average molecular weight is 611 g/mol. The van der Waals surface area contributed by atoms with Gasteiger partial charge in [0.25, 0.3) is 0 Å². The second-order valence-electron chi connectivity index (χ2n) is 10.1. The molecule has 4 aromatic carbocycles. The van der Waals surface area contributed by atoms with Crippen LogP contribution < -0.4 is 18.9 Å². The van der Waals surface area contributed by atoms with Crippen molar-refractivity contribution in [2.75, 3.05) is 28.4 Å². The van der Waals surface area contributed by atoms with Crippen molar-refractivity contribution in [2.45, 2.75) is 19.3 Å². The number of benzene rings is 4. The average Bonchev–Trinajstić information content (AvgIpc) is 3.50. The van der Waals surface area contributed by atoms with Crippen molar-refractivity contribution in [2.24, 2.45) is 5.92 Å². The van der Waals surface area contributed by atoms with E-state index in [-0.39, 0.29) is 11.3 Å². The van der Waals surface area contributed by atoms with E-state index in [1.54, 1.807) is 36.4 Å². The predicted molar refractivity (Wildman–Crippen MR) is 166 cm³/mol. The zero-order chi connectivity index (χ0) is 31.8. The summed E-state index contributed by atoms with van der Waals surface area (Å²) in [6.07, 6.45) is -0.932. The quantitative estimate of drug-likeness (QED) is 0.171. The number of hydrogen-bond donors (Lipinski definition) is 0. The molecule has 0 saturated heterocycles. The number of methoxy groups -OCH3 is 4. The SMILES string of the molecule is COC(=O)C1=C(c2ccc(OCc3ccccc3)c(OC)c2)O[C@@H](c2ccc(OCc3ccccc3)c(OC)c2)[C@@H]1C(=O)OC. The van der Waals surface area contributed by atoms with E-state index in [4.69, 9.17) is 33.2 Å². The van der Waals surface area contributed by atoms with Gasteiger partial charge in [0.05, 0.1) is 34.0 Å². The summed E-state index contributed by atoms with van der Waals surface area (Å²) in [5, 5.41) is 0. The van der Waals surface area contributed by atoms with Gasteiger partial charge in [-0.25, -0.2) is 4.79 Å². The Morgan fingerprint density at radius 2 is 1.20 bits per heavy atom. The topological polar surface area (TPSA) is 98.8 Å². The first-order valence-corrected chi connectivity index (χ1v) is 14.2. The van der Waals surface area contributed by atoms with E-state index >= 15 is 0 Å². The Morgan fingerprint density at radius 3 is 1.73 bits per heavy atom. The van der Waals surface area contributed by atoms with Gasteiger partial charge in [-0.05, 0) is 47.0 Å². The molecule has 0 aliphatic carbocycles. The number of esters is 2. The summed E-state index contributed by atoms with van der Waals surface area (Å²) in [5.74, 6) is -0.477. The molecule has 1 aliphatic heterocycles. The lowest BCUT2D eigenvalue weighted by Gasteiger charge is -2.21. The van der Waals surface area contributed by atoms with Crippen molar-refractivity contribution in [3.8, 4) is 23.0 Å². The van der Waals surface area contributed by atoms with Crippen LogP contribution in [-0.4, -0.2) is 40.4 Å². The minimum atomic E-state index is -1.13. The minimum Gasteiger partial charge on any atom is -0.493 e. The van der Waals surface area contributed by atoms with E-state index < -0.39 is 24.0 Å². The summed E-state index contributed by atoms with van der Waals surface area (Å²) in [5.41, 5.74) is 3.08. The molecule has 0 saturated carbocycles. The first-order chi connectivity index (χ1) is 22.0. The van der Waals surface area contributed by atoms with Crippen molar-refractivity contribution in [3.63, 3.8) is 0 Å². The van der Waals surface area contributed by atoms with E-state index in [2.05, 4.69) is 0 Å². The standard InChI is InChI=1S/C36H34O9/c1-39-29-19-25(15-17-27(29)43-21-23-11-7-5-8-12-23)33-31(35(37)41-3)32(36(38)42-4)34(45-33)26-16-18-28(30(20-26)40-2)44-22-24-13-9-6-10-14-24/h5-20,31,33H,21-22H2,1-4H3/t31-,33+/m1/s1. The van der Waals surface area contributed by atoms with Gasteiger partial charge in [-0.1, -0.05) is 66.7 Å². The number of carbonyl (C=O) groups is 2. The molecule has 0 spiro atoms. The maximum Gasteiger partial charge on any atom is 0.338 e. The highest BCUT2D eigenvalue weighted by Gasteiger charge is 2.47. The highest BCUT2D eigenvalue weighted by molar-refractivity contribution is 6.03. The summed E-state index contributed by atoms with van der Waals surface area (Å²) >= 11 is 0. The molecule has 0 aromatic heterocycles. The van der Waals surface area contributed by atoms with Crippen LogP contribution in [-0.2, 0) is 37.0 Å². The third kappa shape index (κ3) is 6.88. The van der Waals surface area contributed by atoms with Crippen LogP contribution in [0.3, 0.4) is 0 Å². The summed E-state index contributed by atoms with van der Waals surface area (Å²) in [7, 11) is 5.55. The molecule has 0 radical (unpaired) electrons. The second kappa shape index (κ2) is 14.4. The lowest BCUT2D eigenvalue weighted by atomic mass is 9.89. The monoisotopic (exact) mass is 610 g/mol. The van der Waals surface area contributed by atoms with Crippen LogP contribution in [0.2, 0.25) is 0 Å². The van der Waals surface area contributed by atoms with Gasteiger partial charge in [-0.15, -0.1) is 0 Å². The highest BCUT2D eigenvalue weighted by Crippen LogP contribution is 2.48. The van der Waals surface area contributed by atoms with Gasteiger partial charge < -0.3 is 33.2 Å². The molecule has 5 rings (SSSR count). The van der Waals surface area contributed by atoms with Crippen LogP contribution in [0.5, 0.6) is 23.0 Å². The molecule has 1 heterocycles. The molecule has 0 fully saturated rings. The molecule has 1 aliphatic rings. The third-order valence-corrected chi connectivity index (χ3v) is 7.38. The van der Waals surface area contributed by atoms with Crippen molar-refractivity contribution in [1.29, 1.82) is 0 Å². The molecule has 0 N–H and O–H groups in total. The first-order valence-electron chi connectivity index (χ1n) is 14.2. The Bertz CT molecular complexity index is 1660. The van der Waals surface area contributed by atoms with Crippen molar-refractivity contribution in [1.82, 2.24) is 0 Å². The van der Waals surface area contributed by atoms with Gasteiger partial charge in [0, 0.05) is 5.56 Å². The van der Waals surface area contributed by atoms with Crippen molar-refractivity contribution < 1.29 is 42.7 Å². The number of ether oxygens (including phenoxy) is 7. The van der Waals surface area contributed by atoms with Crippen LogP contribution in [0.15, 0.2) is 103 Å². The number of rotatable bonds is 12. The molecule has 0 amide bonds. The van der Waals surface area contributed by atoms with Crippen LogP contribution in [0, 0.1) is 5.92 Å². The summed E-state index contributed by atoms with van der Waals surface area (Å²) in [4.78, 5) is 26.5. The minimum absolute atomic E-state index is 0.0257. The maximum atomic E-state index is 13.2. The normalized spacial score (nSPS) is 15.6. The fourth-order valence-corrected chi connectivity index (χ4v) is 5.11. The third-order valence-electron chi connectivity index (χ3n) is 7.38.